The Morgan fingerprint density at radius 2 is 1.90 bits per heavy atom. The van der Waals surface area contributed by atoms with Crippen molar-refractivity contribution in [2.45, 2.75) is 0 Å². The molecule has 20 heavy (non-hydrogen) atoms. The van der Waals surface area contributed by atoms with Gasteiger partial charge in [-0.15, -0.1) is 0 Å². The number of hydrogen-bond acceptors (Lipinski definition) is 3. The molecule has 2 aromatic heterocycles. The molecule has 0 radical (unpaired) electrons. The predicted molar refractivity (Wildman–Crippen MR) is 77.8 cm³/mol. The molecule has 0 saturated heterocycles. The number of hydrogen-bond donors (Lipinski definition) is 1. The highest BCUT2D eigenvalue weighted by Crippen LogP contribution is 2.25. The Labute approximate surface area is 115 Å². The van der Waals surface area contributed by atoms with Gasteiger partial charge < -0.3 is 9.72 Å². The summed E-state index contributed by atoms with van der Waals surface area (Å²) in [6.45, 7) is 0. The van der Waals surface area contributed by atoms with Crippen molar-refractivity contribution >= 4 is 22.1 Å². The van der Waals surface area contributed by atoms with Crippen molar-refractivity contribution in [1.82, 2.24) is 4.40 Å². The van der Waals surface area contributed by atoms with E-state index in [1.54, 1.807) is 0 Å². The van der Waals surface area contributed by atoms with Crippen LogP contribution in [0.2, 0.25) is 0 Å². The summed E-state index contributed by atoms with van der Waals surface area (Å²) < 4.78 is 2.10. The number of fused-ring (bicyclic) bond motifs is 3. The Morgan fingerprint density at radius 1 is 1.05 bits per heavy atom. The molecular formula is C16H10N4. The lowest BCUT2D eigenvalue weighted by Crippen LogP contribution is -1.93. The lowest BCUT2D eigenvalue weighted by molar-refractivity contribution is 1.27. The molecule has 1 N–H and O–H groups in total. The normalized spacial score (nSPS) is 9.90. The van der Waals surface area contributed by atoms with Crippen LogP contribution in [-0.4, -0.2) is 4.40 Å². The highest BCUT2D eigenvalue weighted by atomic mass is 14.9. The Morgan fingerprint density at radius 3 is 2.70 bits per heavy atom. The van der Waals surface area contributed by atoms with E-state index >= 15 is 0 Å². The quantitative estimate of drug-likeness (QED) is 0.716. The highest BCUT2D eigenvalue weighted by molar-refractivity contribution is 5.94. The van der Waals surface area contributed by atoms with E-state index in [1.165, 1.54) is 6.20 Å². The van der Waals surface area contributed by atoms with Crippen LogP contribution in [0.5, 0.6) is 0 Å². The van der Waals surface area contributed by atoms with Crippen LogP contribution in [0.3, 0.4) is 0 Å². The minimum atomic E-state index is 0.0454. The topological polar surface area (TPSA) is 64.0 Å². The molecule has 3 rings (SSSR count). The van der Waals surface area contributed by atoms with Crippen LogP contribution in [0.4, 0.5) is 5.69 Å². The highest BCUT2D eigenvalue weighted by Gasteiger charge is 2.03. The Hall–Kier alpha value is -3.24. The van der Waals surface area contributed by atoms with Gasteiger partial charge in [0.15, 0.2) is 0 Å². The van der Waals surface area contributed by atoms with Gasteiger partial charge >= 0.3 is 0 Å². The zero-order valence-electron chi connectivity index (χ0n) is 10.5. The smallest absolute Gasteiger partial charge is 0.145 e. The number of anilines is 1. The van der Waals surface area contributed by atoms with Gasteiger partial charge in [-0.1, -0.05) is 6.07 Å². The van der Waals surface area contributed by atoms with Gasteiger partial charge in [0.25, 0.3) is 0 Å². The first-order valence-corrected chi connectivity index (χ1v) is 6.09. The van der Waals surface area contributed by atoms with Crippen molar-refractivity contribution in [1.29, 1.82) is 10.5 Å². The van der Waals surface area contributed by atoms with Gasteiger partial charge in [0.2, 0.25) is 0 Å². The standard InChI is InChI=1S/C16H10N4/c17-9-12(10-18)11-19-15-4-1-5-16-14(15)7-6-13-3-2-8-20(13)16/h1-8,11,19H. The molecule has 2 heterocycles. The molecule has 0 fully saturated rings. The van der Waals surface area contributed by atoms with E-state index < -0.39 is 0 Å². The van der Waals surface area contributed by atoms with E-state index in [2.05, 4.69) is 9.72 Å². The number of benzene rings is 1. The minimum absolute atomic E-state index is 0.0454. The second kappa shape index (κ2) is 4.79. The summed E-state index contributed by atoms with van der Waals surface area (Å²) in [4.78, 5) is 0. The lowest BCUT2D eigenvalue weighted by atomic mass is 10.1. The van der Waals surface area contributed by atoms with E-state index in [9.17, 15) is 0 Å². The summed E-state index contributed by atoms with van der Waals surface area (Å²) in [5.74, 6) is 0. The fourth-order valence-corrected chi connectivity index (χ4v) is 2.22. The summed E-state index contributed by atoms with van der Waals surface area (Å²) in [7, 11) is 0. The van der Waals surface area contributed by atoms with Crippen LogP contribution >= 0.6 is 0 Å². The van der Waals surface area contributed by atoms with Crippen molar-refractivity contribution < 1.29 is 0 Å². The molecule has 94 valence electrons. The van der Waals surface area contributed by atoms with Gasteiger partial charge in [0, 0.05) is 29.0 Å². The van der Waals surface area contributed by atoms with Gasteiger partial charge in [-0.3, -0.25) is 0 Å². The van der Waals surface area contributed by atoms with Crippen LogP contribution in [0.1, 0.15) is 0 Å². The average Bonchev–Trinajstić information content (AvgIpc) is 2.97. The van der Waals surface area contributed by atoms with E-state index in [0.29, 0.717) is 0 Å². The maximum absolute atomic E-state index is 8.75. The first-order valence-electron chi connectivity index (χ1n) is 6.09. The molecule has 0 unspecified atom stereocenters. The lowest BCUT2D eigenvalue weighted by Gasteiger charge is -2.08. The van der Waals surface area contributed by atoms with Crippen LogP contribution in [-0.2, 0) is 0 Å². The molecule has 0 amide bonds. The predicted octanol–water partition coefficient (Wildman–Crippen LogP) is 3.44. The van der Waals surface area contributed by atoms with Crippen LogP contribution in [0, 0.1) is 22.7 Å². The summed E-state index contributed by atoms with van der Waals surface area (Å²) in [6, 6.07) is 17.7. The molecule has 0 saturated carbocycles. The van der Waals surface area contributed by atoms with E-state index in [0.717, 1.165) is 22.1 Å². The number of nitrogens with one attached hydrogen (secondary N) is 1. The summed E-state index contributed by atoms with van der Waals surface area (Å²) in [6.07, 6.45) is 3.43. The number of pyridine rings is 1. The number of nitrogens with zero attached hydrogens (tertiary/aromatic N) is 3. The Kier molecular flexibility index (Phi) is 2.84. The summed E-state index contributed by atoms with van der Waals surface area (Å²) in [5.41, 5.74) is 3.10. The maximum Gasteiger partial charge on any atom is 0.145 e. The van der Waals surface area contributed by atoms with Gasteiger partial charge in [-0.25, -0.2) is 0 Å². The first kappa shape index (κ1) is 11.8. The fraction of sp³-hybridized carbons (Fsp3) is 0. The number of nitriles is 2. The molecule has 0 aliphatic rings. The van der Waals surface area contributed by atoms with E-state index in [1.807, 2.05) is 60.8 Å². The maximum atomic E-state index is 8.75. The molecular weight excluding hydrogens is 248 g/mol. The van der Waals surface area contributed by atoms with Crippen molar-refractivity contribution in [3.63, 3.8) is 0 Å². The van der Waals surface area contributed by atoms with Crippen molar-refractivity contribution in [3.8, 4) is 12.1 Å². The molecule has 0 bridgehead atoms. The van der Waals surface area contributed by atoms with Gasteiger partial charge in [0.05, 0.1) is 5.52 Å². The number of rotatable bonds is 2. The van der Waals surface area contributed by atoms with Crippen molar-refractivity contribution in [2.75, 3.05) is 5.32 Å². The molecule has 4 nitrogen and oxygen atoms in total. The van der Waals surface area contributed by atoms with Crippen molar-refractivity contribution in [3.05, 3.63) is 60.4 Å². The fourth-order valence-electron chi connectivity index (χ4n) is 2.22. The largest absolute Gasteiger partial charge is 0.359 e. The van der Waals surface area contributed by atoms with Gasteiger partial charge in [0.1, 0.15) is 17.7 Å². The van der Waals surface area contributed by atoms with E-state index in [4.69, 9.17) is 10.5 Å². The summed E-state index contributed by atoms with van der Waals surface area (Å²) in [5, 5.41) is 21.5. The molecule has 3 aromatic rings. The number of aromatic nitrogens is 1. The van der Waals surface area contributed by atoms with Gasteiger partial charge in [-0.05, 0) is 36.4 Å². The molecule has 4 heteroatoms. The zero-order chi connectivity index (χ0) is 13.9. The molecule has 0 aliphatic heterocycles. The third-order valence-corrected chi connectivity index (χ3v) is 3.16. The second-order valence-electron chi connectivity index (χ2n) is 4.30. The third-order valence-electron chi connectivity index (χ3n) is 3.16. The van der Waals surface area contributed by atoms with Gasteiger partial charge in [-0.2, -0.15) is 10.5 Å². The monoisotopic (exact) mass is 258 g/mol. The first-order chi connectivity index (χ1) is 9.83. The molecule has 0 atom stereocenters. The van der Waals surface area contributed by atoms with Crippen LogP contribution in [0.25, 0.3) is 16.4 Å². The average molecular weight is 258 g/mol. The molecule has 0 spiro atoms. The van der Waals surface area contributed by atoms with Crippen LogP contribution in [0.15, 0.2) is 60.4 Å². The third kappa shape index (κ3) is 1.86. The van der Waals surface area contributed by atoms with E-state index in [-0.39, 0.29) is 5.57 Å². The summed E-state index contributed by atoms with van der Waals surface area (Å²) >= 11 is 0. The minimum Gasteiger partial charge on any atom is -0.359 e. The van der Waals surface area contributed by atoms with Crippen LogP contribution < -0.4 is 5.32 Å². The van der Waals surface area contributed by atoms with Crippen molar-refractivity contribution in [2.24, 2.45) is 0 Å². The Balaban J connectivity index is 2.15. The molecule has 0 aliphatic carbocycles. The Bertz CT molecular complexity index is 888. The SMILES string of the molecule is N#CC(C#N)=CNc1cccc2c1ccc1cccn12. The molecule has 1 aromatic carbocycles. The second-order valence-corrected chi connectivity index (χ2v) is 4.30. The zero-order valence-corrected chi connectivity index (χ0v) is 10.5. The number of allylic oxidation sites excluding steroid dienone is 1.